The van der Waals surface area contributed by atoms with Gasteiger partial charge in [0, 0.05) is 38.6 Å². The first-order valence-corrected chi connectivity index (χ1v) is 6.62. The summed E-state index contributed by atoms with van der Waals surface area (Å²) in [7, 11) is 0. The molecule has 0 unspecified atom stereocenters. The lowest BCUT2D eigenvalue weighted by atomic mass is 10.3. The molecular weight excluding hydrogens is 270 g/mol. The molecular formula is C13H15N7O. The SMILES string of the molecule is NC(=O)c1cncc(N2CCN(c3cnccn3)CC2)n1. The fraction of sp³-hybridized carbons (Fsp3) is 0.308. The highest BCUT2D eigenvalue weighted by Crippen LogP contribution is 2.16. The van der Waals surface area contributed by atoms with Crippen LogP contribution in [0.15, 0.2) is 31.0 Å². The molecule has 0 bridgehead atoms. The van der Waals surface area contributed by atoms with Crippen molar-refractivity contribution in [2.75, 3.05) is 36.0 Å². The van der Waals surface area contributed by atoms with Gasteiger partial charge in [0.25, 0.3) is 5.91 Å². The van der Waals surface area contributed by atoms with Gasteiger partial charge < -0.3 is 15.5 Å². The molecule has 0 saturated carbocycles. The maximum Gasteiger partial charge on any atom is 0.268 e. The minimum absolute atomic E-state index is 0.184. The second-order valence-corrected chi connectivity index (χ2v) is 4.66. The monoisotopic (exact) mass is 285 g/mol. The van der Waals surface area contributed by atoms with Crippen molar-refractivity contribution in [3.63, 3.8) is 0 Å². The van der Waals surface area contributed by atoms with Gasteiger partial charge in [-0.25, -0.2) is 9.97 Å². The van der Waals surface area contributed by atoms with E-state index in [2.05, 4.69) is 29.7 Å². The zero-order chi connectivity index (χ0) is 14.7. The topological polar surface area (TPSA) is 101 Å². The molecule has 1 saturated heterocycles. The molecule has 1 aliphatic rings. The van der Waals surface area contributed by atoms with Gasteiger partial charge in [-0.1, -0.05) is 0 Å². The van der Waals surface area contributed by atoms with E-state index in [9.17, 15) is 4.79 Å². The molecule has 2 aromatic rings. The summed E-state index contributed by atoms with van der Waals surface area (Å²) in [6, 6.07) is 0. The summed E-state index contributed by atoms with van der Waals surface area (Å²) >= 11 is 0. The molecule has 108 valence electrons. The Kier molecular flexibility index (Phi) is 3.59. The first-order valence-electron chi connectivity index (χ1n) is 6.62. The van der Waals surface area contributed by atoms with Gasteiger partial charge in [0.15, 0.2) is 0 Å². The Labute approximate surface area is 121 Å². The molecule has 1 fully saturated rings. The minimum atomic E-state index is -0.567. The Hall–Kier alpha value is -2.77. The smallest absolute Gasteiger partial charge is 0.268 e. The van der Waals surface area contributed by atoms with Crippen molar-refractivity contribution >= 4 is 17.5 Å². The van der Waals surface area contributed by atoms with E-state index in [0.717, 1.165) is 32.0 Å². The number of amides is 1. The van der Waals surface area contributed by atoms with E-state index < -0.39 is 5.91 Å². The molecule has 0 spiro atoms. The summed E-state index contributed by atoms with van der Waals surface area (Å²) in [6.45, 7) is 3.16. The average molecular weight is 285 g/mol. The molecule has 0 aromatic carbocycles. The van der Waals surface area contributed by atoms with Gasteiger partial charge >= 0.3 is 0 Å². The predicted molar refractivity (Wildman–Crippen MR) is 77.0 cm³/mol. The lowest BCUT2D eigenvalue weighted by Gasteiger charge is -2.35. The zero-order valence-electron chi connectivity index (χ0n) is 11.4. The third-order valence-electron chi connectivity index (χ3n) is 3.35. The summed E-state index contributed by atoms with van der Waals surface area (Å²) in [5, 5.41) is 0. The number of nitrogens with two attached hydrogens (primary N) is 1. The molecule has 2 aromatic heterocycles. The third kappa shape index (κ3) is 2.88. The third-order valence-corrected chi connectivity index (χ3v) is 3.35. The molecule has 2 N–H and O–H groups in total. The lowest BCUT2D eigenvalue weighted by molar-refractivity contribution is 0.0995. The molecule has 3 rings (SSSR count). The number of rotatable bonds is 3. The highest BCUT2D eigenvalue weighted by Gasteiger charge is 2.20. The average Bonchev–Trinajstić information content (AvgIpc) is 2.56. The van der Waals surface area contributed by atoms with E-state index in [1.165, 1.54) is 6.20 Å². The van der Waals surface area contributed by atoms with E-state index in [0.29, 0.717) is 5.82 Å². The van der Waals surface area contributed by atoms with Crippen LogP contribution in [0.25, 0.3) is 0 Å². The number of primary amides is 1. The lowest BCUT2D eigenvalue weighted by Crippen LogP contribution is -2.47. The molecule has 1 aliphatic heterocycles. The number of nitrogens with zero attached hydrogens (tertiary/aromatic N) is 6. The second-order valence-electron chi connectivity index (χ2n) is 4.66. The van der Waals surface area contributed by atoms with E-state index >= 15 is 0 Å². The van der Waals surface area contributed by atoms with Gasteiger partial charge in [-0.15, -0.1) is 0 Å². The predicted octanol–water partition coefficient (Wildman–Crippen LogP) is -0.308. The quantitative estimate of drug-likeness (QED) is 0.825. The van der Waals surface area contributed by atoms with Crippen molar-refractivity contribution in [2.45, 2.75) is 0 Å². The van der Waals surface area contributed by atoms with E-state index in [1.807, 2.05) is 0 Å². The maximum absolute atomic E-state index is 11.2. The number of carbonyl (C=O) groups is 1. The summed E-state index contributed by atoms with van der Waals surface area (Å²) in [5.74, 6) is 0.974. The largest absolute Gasteiger partial charge is 0.364 e. The first-order chi connectivity index (χ1) is 10.2. The fourth-order valence-corrected chi connectivity index (χ4v) is 2.25. The minimum Gasteiger partial charge on any atom is -0.364 e. The van der Waals surface area contributed by atoms with Gasteiger partial charge in [-0.05, 0) is 0 Å². The Morgan fingerprint density at radius 3 is 2.24 bits per heavy atom. The summed E-state index contributed by atoms with van der Waals surface area (Å²) in [5.41, 5.74) is 5.41. The number of aromatic nitrogens is 4. The Morgan fingerprint density at radius 1 is 0.952 bits per heavy atom. The van der Waals surface area contributed by atoms with Gasteiger partial charge in [0.2, 0.25) is 0 Å². The van der Waals surface area contributed by atoms with Crippen molar-refractivity contribution in [2.24, 2.45) is 5.73 Å². The number of hydrogen-bond acceptors (Lipinski definition) is 7. The van der Waals surface area contributed by atoms with Gasteiger partial charge in [0.1, 0.15) is 17.3 Å². The van der Waals surface area contributed by atoms with Crippen LogP contribution in [0.2, 0.25) is 0 Å². The standard InChI is InChI=1S/C13H15N7O/c14-13(21)10-7-16-9-12(18-10)20-5-3-19(4-6-20)11-8-15-1-2-17-11/h1-2,7-9H,3-6H2,(H2,14,21). The van der Waals surface area contributed by atoms with Crippen molar-refractivity contribution in [1.29, 1.82) is 0 Å². The van der Waals surface area contributed by atoms with Crippen molar-refractivity contribution < 1.29 is 4.79 Å². The Bertz CT molecular complexity index is 625. The van der Waals surface area contributed by atoms with Crippen LogP contribution in [-0.2, 0) is 0 Å². The summed E-state index contributed by atoms with van der Waals surface area (Å²) < 4.78 is 0. The van der Waals surface area contributed by atoms with Crippen LogP contribution in [0, 0.1) is 0 Å². The van der Waals surface area contributed by atoms with Crippen LogP contribution in [0.5, 0.6) is 0 Å². The summed E-state index contributed by atoms with van der Waals surface area (Å²) in [4.78, 5) is 32.0. The second kappa shape index (κ2) is 5.70. The fourth-order valence-electron chi connectivity index (χ4n) is 2.25. The maximum atomic E-state index is 11.2. The Balaban J connectivity index is 1.68. The summed E-state index contributed by atoms with van der Waals surface area (Å²) in [6.07, 6.45) is 8.11. The molecule has 0 aliphatic carbocycles. The van der Waals surface area contributed by atoms with Gasteiger partial charge in [0.05, 0.1) is 18.6 Å². The first kappa shape index (κ1) is 13.2. The molecule has 0 radical (unpaired) electrons. The molecule has 8 nitrogen and oxygen atoms in total. The van der Waals surface area contributed by atoms with Crippen molar-refractivity contribution in [1.82, 2.24) is 19.9 Å². The van der Waals surface area contributed by atoms with Gasteiger partial charge in [-0.2, -0.15) is 0 Å². The van der Waals surface area contributed by atoms with Crippen molar-refractivity contribution in [3.8, 4) is 0 Å². The number of hydrogen-bond donors (Lipinski definition) is 1. The van der Waals surface area contributed by atoms with Crippen LogP contribution in [0.1, 0.15) is 10.5 Å². The molecule has 1 amide bonds. The molecule has 0 atom stereocenters. The highest BCUT2D eigenvalue weighted by molar-refractivity contribution is 5.90. The number of piperazine rings is 1. The van der Waals surface area contributed by atoms with Crippen LogP contribution >= 0.6 is 0 Å². The van der Waals surface area contributed by atoms with Crippen LogP contribution < -0.4 is 15.5 Å². The molecule has 8 heteroatoms. The Morgan fingerprint density at radius 2 is 1.62 bits per heavy atom. The van der Waals surface area contributed by atoms with Crippen LogP contribution in [0.4, 0.5) is 11.6 Å². The molecule has 21 heavy (non-hydrogen) atoms. The number of carbonyl (C=O) groups excluding carboxylic acids is 1. The van der Waals surface area contributed by atoms with E-state index in [1.54, 1.807) is 24.8 Å². The zero-order valence-corrected chi connectivity index (χ0v) is 11.4. The van der Waals surface area contributed by atoms with E-state index in [-0.39, 0.29) is 5.69 Å². The highest BCUT2D eigenvalue weighted by atomic mass is 16.1. The number of anilines is 2. The van der Waals surface area contributed by atoms with Crippen LogP contribution in [0.3, 0.4) is 0 Å². The van der Waals surface area contributed by atoms with E-state index in [4.69, 9.17) is 5.73 Å². The normalized spacial score (nSPS) is 15.0. The van der Waals surface area contributed by atoms with Gasteiger partial charge in [-0.3, -0.25) is 14.8 Å². The van der Waals surface area contributed by atoms with Crippen LogP contribution in [-0.4, -0.2) is 52.0 Å². The molecule has 3 heterocycles. The van der Waals surface area contributed by atoms with Crippen molar-refractivity contribution in [3.05, 3.63) is 36.7 Å².